The van der Waals surface area contributed by atoms with Crippen LogP contribution in [0.5, 0.6) is 5.75 Å². The molecule has 4 rings (SSSR count). The van der Waals surface area contributed by atoms with E-state index >= 15 is 0 Å². The van der Waals surface area contributed by atoms with Gasteiger partial charge in [-0.2, -0.15) is 0 Å². The second-order valence-corrected chi connectivity index (χ2v) is 16.8. The second kappa shape index (κ2) is 11.6. The van der Waals surface area contributed by atoms with Crippen molar-refractivity contribution in [2.24, 2.45) is 0 Å². The van der Waals surface area contributed by atoms with Crippen molar-refractivity contribution >= 4 is 42.5 Å². The average molecular weight is 554 g/mol. The zero-order valence-electron chi connectivity index (χ0n) is 23.5. The van der Waals surface area contributed by atoms with Gasteiger partial charge in [-0.05, 0) is 99.0 Å². The summed E-state index contributed by atoms with van der Waals surface area (Å²) < 4.78 is 11.4. The molecule has 0 unspecified atom stereocenters. The van der Waals surface area contributed by atoms with Gasteiger partial charge in [-0.3, -0.25) is 4.98 Å². The van der Waals surface area contributed by atoms with E-state index in [2.05, 4.69) is 44.2 Å². The number of rotatable bonds is 9. The van der Waals surface area contributed by atoms with Crippen molar-refractivity contribution in [1.29, 1.82) is 0 Å². The fourth-order valence-corrected chi connectivity index (χ4v) is 5.81. The number of aryl methyl sites for hydroxylation is 2. The molecule has 3 aromatic rings. The van der Waals surface area contributed by atoms with Crippen LogP contribution in [0.15, 0.2) is 30.3 Å². The zero-order chi connectivity index (χ0) is 27.5. The first-order valence-electron chi connectivity index (χ1n) is 13.6. The number of halogens is 1. The summed E-state index contributed by atoms with van der Waals surface area (Å²) in [6.45, 7) is 11.7. The number of anilines is 1. The summed E-state index contributed by atoms with van der Waals surface area (Å²) in [6, 6.07) is 9.80. The fourth-order valence-electron chi connectivity index (χ4n) is 4.62. The molecule has 1 aliphatic rings. The van der Waals surface area contributed by atoms with Crippen LogP contribution < -0.4 is 9.74 Å². The highest BCUT2D eigenvalue weighted by molar-refractivity contribution is 6.74. The van der Waals surface area contributed by atoms with Crippen molar-refractivity contribution in [3.05, 3.63) is 58.0 Å². The van der Waals surface area contributed by atoms with Crippen molar-refractivity contribution in [1.82, 2.24) is 9.97 Å². The van der Waals surface area contributed by atoms with Gasteiger partial charge in [0.1, 0.15) is 5.75 Å². The van der Waals surface area contributed by atoms with Crippen molar-refractivity contribution in [3.63, 3.8) is 0 Å². The summed E-state index contributed by atoms with van der Waals surface area (Å²) in [6.07, 6.45) is 7.15. The lowest BCUT2D eigenvalue weighted by molar-refractivity contribution is 0.0591. The molecule has 1 N–H and O–H groups in total. The van der Waals surface area contributed by atoms with E-state index in [4.69, 9.17) is 25.7 Å². The Labute approximate surface area is 232 Å². The maximum atomic E-state index is 12.5. The van der Waals surface area contributed by atoms with Gasteiger partial charge in [0.15, 0.2) is 5.69 Å². The van der Waals surface area contributed by atoms with E-state index in [1.807, 2.05) is 30.3 Å². The molecular formula is C30H40ClN3O3Si. The maximum Gasteiger partial charge on any atom is 0.360 e. The normalized spacial score (nSPS) is 13.8. The summed E-state index contributed by atoms with van der Waals surface area (Å²) in [5.74, 6) is 0.0529. The molecule has 204 valence electrons. The largest absolute Gasteiger partial charge is 0.542 e. The molecule has 1 aliphatic carbocycles. The van der Waals surface area contributed by atoms with Crippen LogP contribution in [0.2, 0.25) is 23.2 Å². The Bertz CT molecular complexity index is 1320. The van der Waals surface area contributed by atoms with Crippen molar-refractivity contribution in [2.45, 2.75) is 83.8 Å². The van der Waals surface area contributed by atoms with Crippen molar-refractivity contribution in [2.75, 3.05) is 19.0 Å². The van der Waals surface area contributed by atoms with Crippen LogP contribution in [0.1, 0.15) is 73.9 Å². The SMILES string of the molecule is COC(=O)c1nc(CCCCNc2c3c(nc4ccc(Cl)cc24)CCCC3)ccc1O[Si](C)(C)C(C)(C)C. The molecule has 0 bridgehead atoms. The van der Waals surface area contributed by atoms with E-state index in [-0.39, 0.29) is 10.7 Å². The lowest BCUT2D eigenvalue weighted by Crippen LogP contribution is -2.44. The third-order valence-corrected chi connectivity index (χ3v) is 12.4. The zero-order valence-corrected chi connectivity index (χ0v) is 25.3. The fraction of sp³-hybridized carbons (Fsp3) is 0.500. The van der Waals surface area contributed by atoms with Crippen LogP contribution in [0.25, 0.3) is 10.9 Å². The van der Waals surface area contributed by atoms with E-state index in [0.29, 0.717) is 5.75 Å². The number of ether oxygens (including phenoxy) is 1. The molecule has 0 spiro atoms. The first kappa shape index (κ1) is 28.4. The number of nitrogens with zero attached hydrogens (tertiary/aromatic N) is 2. The number of hydrogen-bond acceptors (Lipinski definition) is 6. The Morgan fingerprint density at radius 3 is 2.58 bits per heavy atom. The van der Waals surface area contributed by atoms with Crippen molar-refractivity contribution < 1.29 is 14.0 Å². The summed E-state index contributed by atoms with van der Waals surface area (Å²) in [5.41, 5.74) is 5.87. The summed E-state index contributed by atoms with van der Waals surface area (Å²) >= 11 is 6.34. The van der Waals surface area contributed by atoms with Gasteiger partial charge in [0.05, 0.1) is 12.6 Å². The molecule has 2 heterocycles. The standard InChI is InChI=1S/C30H40ClN3O3Si/c1-30(2,3)38(5,6)37-26-17-15-21(33-28(26)29(35)36-4)11-9-10-18-32-27-22-12-7-8-13-24(22)34-25-16-14-20(31)19-23(25)27/h14-17,19H,7-13,18H2,1-6H3,(H,32,34). The topological polar surface area (TPSA) is 73.3 Å². The van der Waals surface area contributed by atoms with Crippen LogP contribution in [0.3, 0.4) is 0 Å². The highest BCUT2D eigenvalue weighted by Gasteiger charge is 2.40. The van der Waals surface area contributed by atoms with Gasteiger partial charge in [0, 0.05) is 34.0 Å². The van der Waals surface area contributed by atoms with E-state index in [1.54, 1.807) is 0 Å². The van der Waals surface area contributed by atoms with Crippen LogP contribution in [-0.2, 0) is 24.0 Å². The van der Waals surface area contributed by atoms with Crippen LogP contribution in [-0.4, -0.2) is 37.9 Å². The third kappa shape index (κ3) is 6.32. The summed E-state index contributed by atoms with van der Waals surface area (Å²) in [7, 11) is -0.742. The van der Waals surface area contributed by atoms with E-state index in [9.17, 15) is 4.79 Å². The van der Waals surface area contributed by atoms with Gasteiger partial charge < -0.3 is 14.5 Å². The Kier molecular flexibility index (Phi) is 8.67. The number of hydrogen-bond donors (Lipinski definition) is 1. The monoisotopic (exact) mass is 553 g/mol. The number of methoxy groups -OCH3 is 1. The van der Waals surface area contributed by atoms with Gasteiger partial charge in [0.2, 0.25) is 0 Å². The Balaban J connectivity index is 1.43. The molecule has 0 atom stereocenters. The second-order valence-electron chi connectivity index (χ2n) is 11.7. The highest BCUT2D eigenvalue weighted by atomic mass is 35.5. The first-order chi connectivity index (χ1) is 18.0. The smallest absolute Gasteiger partial charge is 0.360 e. The molecule has 8 heteroatoms. The van der Waals surface area contributed by atoms with Gasteiger partial charge in [-0.1, -0.05) is 32.4 Å². The summed E-state index contributed by atoms with van der Waals surface area (Å²) in [4.78, 5) is 22.1. The molecule has 38 heavy (non-hydrogen) atoms. The molecule has 0 aliphatic heterocycles. The van der Waals surface area contributed by atoms with Gasteiger partial charge in [-0.15, -0.1) is 0 Å². The Hall–Kier alpha value is -2.64. The maximum absolute atomic E-state index is 12.5. The quantitative estimate of drug-likeness (QED) is 0.166. The van der Waals surface area contributed by atoms with Gasteiger partial charge in [0.25, 0.3) is 8.32 Å². The number of carbonyl (C=O) groups is 1. The number of unbranched alkanes of at least 4 members (excludes halogenated alkanes) is 1. The number of nitrogens with one attached hydrogen (secondary N) is 1. The predicted octanol–water partition coefficient (Wildman–Crippen LogP) is 7.77. The van der Waals surface area contributed by atoms with Crippen LogP contribution >= 0.6 is 11.6 Å². The number of fused-ring (bicyclic) bond motifs is 2. The number of aromatic nitrogens is 2. The lowest BCUT2D eigenvalue weighted by atomic mass is 9.92. The third-order valence-electron chi connectivity index (χ3n) is 7.85. The van der Waals surface area contributed by atoms with Crippen molar-refractivity contribution in [3.8, 4) is 5.75 Å². The Morgan fingerprint density at radius 2 is 1.84 bits per heavy atom. The molecule has 6 nitrogen and oxygen atoms in total. The minimum absolute atomic E-state index is 0.0107. The lowest BCUT2D eigenvalue weighted by Gasteiger charge is -2.36. The average Bonchev–Trinajstić information content (AvgIpc) is 2.87. The molecule has 0 saturated heterocycles. The van der Waals surface area contributed by atoms with E-state index in [1.165, 1.54) is 36.9 Å². The van der Waals surface area contributed by atoms with Crippen LogP contribution in [0.4, 0.5) is 5.69 Å². The van der Waals surface area contributed by atoms with E-state index < -0.39 is 14.3 Å². The summed E-state index contributed by atoms with van der Waals surface area (Å²) in [5, 5.41) is 5.54. The number of carbonyl (C=O) groups excluding carboxylic acids is 1. The van der Waals surface area contributed by atoms with Gasteiger partial charge >= 0.3 is 5.97 Å². The van der Waals surface area contributed by atoms with E-state index in [0.717, 1.165) is 60.3 Å². The number of benzene rings is 1. The predicted molar refractivity (Wildman–Crippen MR) is 158 cm³/mol. The molecular weight excluding hydrogens is 514 g/mol. The minimum atomic E-state index is -2.12. The Morgan fingerprint density at radius 1 is 1.08 bits per heavy atom. The number of pyridine rings is 2. The number of esters is 1. The molecule has 1 aromatic carbocycles. The van der Waals surface area contributed by atoms with Crippen LogP contribution in [0, 0.1) is 0 Å². The molecule has 0 saturated carbocycles. The first-order valence-corrected chi connectivity index (χ1v) is 16.9. The minimum Gasteiger partial charge on any atom is -0.542 e. The molecule has 0 amide bonds. The highest BCUT2D eigenvalue weighted by Crippen LogP contribution is 2.38. The molecule has 0 fully saturated rings. The molecule has 0 radical (unpaired) electrons. The van der Waals surface area contributed by atoms with Gasteiger partial charge in [-0.25, -0.2) is 9.78 Å². The molecule has 2 aromatic heterocycles.